The van der Waals surface area contributed by atoms with Gasteiger partial charge in [-0.05, 0) is 38.6 Å². The number of likely N-dealkylation sites (N-methyl/N-ethyl adjacent to an activating group) is 1. The van der Waals surface area contributed by atoms with Crippen LogP contribution in [0.3, 0.4) is 0 Å². The maximum atomic E-state index is 12.2. The summed E-state index contributed by atoms with van der Waals surface area (Å²) in [6, 6.07) is 14.0. The molecule has 2 rings (SSSR count). The molecule has 126 valence electrons. The van der Waals surface area contributed by atoms with Crippen LogP contribution in [0.25, 0.3) is 0 Å². The van der Waals surface area contributed by atoms with Gasteiger partial charge in [0.05, 0.1) is 11.5 Å². The highest BCUT2D eigenvalue weighted by molar-refractivity contribution is 5.92. The van der Waals surface area contributed by atoms with Crippen molar-refractivity contribution in [3.05, 3.63) is 69.8 Å². The van der Waals surface area contributed by atoms with Gasteiger partial charge >= 0.3 is 0 Å². The minimum atomic E-state index is -0.416. The van der Waals surface area contributed by atoms with E-state index in [-0.39, 0.29) is 24.2 Å². The summed E-state index contributed by atoms with van der Waals surface area (Å²) in [6.45, 7) is 4.09. The van der Waals surface area contributed by atoms with Crippen LogP contribution in [-0.4, -0.2) is 29.3 Å². The fourth-order valence-electron chi connectivity index (χ4n) is 2.35. The molecule has 2 aromatic carbocycles. The van der Waals surface area contributed by atoms with Crippen molar-refractivity contribution in [1.82, 2.24) is 4.90 Å². The number of hydrogen-bond acceptors (Lipinski definition) is 4. The molecular formula is C18H21N3O3. The predicted octanol–water partition coefficient (Wildman–Crippen LogP) is 3.53. The highest BCUT2D eigenvalue weighted by Gasteiger charge is 2.17. The zero-order chi connectivity index (χ0) is 17.7. The summed E-state index contributed by atoms with van der Waals surface area (Å²) in [6.07, 6.45) is 0. The highest BCUT2D eigenvalue weighted by atomic mass is 16.6. The maximum Gasteiger partial charge on any atom is 0.269 e. The van der Waals surface area contributed by atoms with Gasteiger partial charge in [-0.1, -0.05) is 29.8 Å². The Morgan fingerprint density at radius 2 is 1.92 bits per heavy atom. The molecular weight excluding hydrogens is 306 g/mol. The number of carbonyl (C=O) groups excluding carboxylic acids is 1. The fraction of sp³-hybridized carbons (Fsp3) is 0.278. The first-order valence-corrected chi connectivity index (χ1v) is 7.68. The van der Waals surface area contributed by atoms with Crippen molar-refractivity contribution in [3.8, 4) is 0 Å². The summed E-state index contributed by atoms with van der Waals surface area (Å²) in [7, 11) is 1.82. The lowest BCUT2D eigenvalue weighted by Crippen LogP contribution is -2.32. The van der Waals surface area contributed by atoms with Gasteiger partial charge in [0.25, 0.3) is 5.69 Å². The molecule has 24 heavy (non-hydrogen) atoms. The quantitative estimate of drug-likeness (QED) is 0.650. The molecule has 0 bridgehead atoms. The molecule has 0 radical (unpaired) electrons. The van der Waals surface area contributed by atoms with Crippen molar-refractivity contribution in [3.63, 3.8) is 0 Å². The van der Waals surface area contributed by atoms with Crippen LogP contribution in [0.5, 0.6) is 0 Å². The van der Waals surface area contributed by atoms with Crippen LogP contribution >= 0.6 is 0 Å². The molecule has 0 saturated carbocycles. The summed E-state index contributed by atoms with van der Waals surface area (Å²) in [5.41, 5.74) is 2.73. The number of aryl methyl sites for hydroxylation is 1. The van der Waals surface area contributed by atoms with E-state index in [1.54, 1.807) is 12.1 Å². The van der Waals surface area contributed by atoms with Crippen LogP contribution in [0.2, 0.25) is 0 Å². The Hall–Kier alpha value is -2.73. The molecule has 0 aliphatic carbocycles. The molecule has 0 aliphatic rings. The van der Waals surface area contributed by atoms with Crippen LogP contribution in [-0.2, 0) is 4.79 Å². The normalized spacial score (nSPS) is 12.0. The SMILES string of the molecule is Cc1ccc(NC(=O)CN(C)[C@@H](C)c2cccc([N+](=O)[O-])c2)cc1. The number of benzene rings is 2. The maximum absolute atomic E-state index is 12.2. The summed E-state index contributed by atoms with van der Waals surface area (Å²) < 4.78 is 0. The number of rotatable bonds is 6. The lowest BCUT2D eigenvalue weighted by atomic mass is 10.1. The summed E-state index contributed by atoms with van der Waals surface area (Å²) in [5, 5.41) is 13.7. The average molecular weight is 327 g/mol. The smallest absolute Gasteiger partial charge is 0.269 e. The second kappa shape index (κ2) is 7.70. The minimum absolute atomic E-state index is 0.0526. The molecule has 2 aromatic rings. The Kier molecular flexibility index (Phi) is 5.65. The highest BCUT2D eigenvalue weighted by Crippen LogP contribution is 2.22. The molecule has 1 N–H and O–H groups in total. The van der Waals surface area contributed by atoms with Gasteiger partial charge in [-0.2, -0.15) is 0 Å². The van der Waals surface area contributed by atoms with Crippen molar-refractivity contribution < 1.29 is 9.72 Å². The first-order valence-electron chi connectivity index (χ1n) is 7.68. The number of nitrogens with one attached hydrogen (secondary N) is 1. The van der Waals surface area contributed by atoms with E-state index in [4.69, 9.17) is 0 Å². The third kappa shape index (κ3) is 4.63. The van der Waals surface area contributed by atoms with Crippen molar-refractivity contribution in [2.24, 2.45) is 0 Å². The van der Waals surface area contributed by atoms with E-state index < -0.39 is 4.92 Å². The number of anilines is 1. The number of nitro groups is 1. The van der Waals surface area contributed by atoms with E-state index in [0.717, 1.165) is 16.8 Å². The summed E-state index contributed by atoms with van der Waals surface area (Å²) in [5.74, 6) is -0.126. The van der Waals surface area contributed by atoms with Crippen LogP contribution in [0.15, 0.2) is 48.5 Å². The molecule has 0 heterocycles. The molecule has 0 fully saturated rings. The minimum Gasteiger partial charge on any atom is -0.325 e. The van der Waals surface area contributed by atoms with Crippen molar-refractivity contribution in [2.75, 3.05) is 18.9 Å². The zero-order valence-electron chi connectivity index (χ0n) is 14.0. The Morgan fingerprint density at radius 3 is 2.54 bits per heavy atom. The number of carbonyl (C=O) groups is 1. The van der Waals surface area contributed by atoms with E-state index in [9.17, 15) is 14.9 Å². The van der Waals surface area contributed by atoms with Gasteiger partial charge in [-0.15, -0.1) is 0 Å². The van der Waals surface area contributed by atoms with Crippen LogP contribution in [0, 0.1) is 17.0 Å². The van der Waals surface area contributed by atoms with Gasteiger partial charge in [-0.3, -0.25) is 19.8 Å². The predicted molar refractivity (Wildman–Crippen MR) is 94.0 cm³/mol. The van der Waals surface area contributed by atoms with Gasteiger partial charge in [0.15, 0.2) is 0 Å². The number of nitro benzene ring substituents is 1. The molecule has 0 saturated heterocycles. The molecule has 0 spiro atoms. The van der Waals surface area contributed by atoms with E-state index in [1.807, 2.05) is 56.1 Å². The van der Waals surface area contributed by atoms with Crippen molar-refractivity contribution in [2.45, 2.75) is 19.9 Å². The third-order valence-corrected chi connectivity index (χ3v) is 3.95. The third-order valence-electron chi connectivity index (χ3n) is 3.95. The van der Waals surface area contributed by atoms with E-state index in [2.05, 4.69) is 5.32 Å². The Bertz CT molecular complexity index is 729. The molecule has 6 nitrogen and oxygen atoms in total. The first-order chi connectivity index (χ1) is 11.4. The van der Waals surface area contributed by atoms with Gasteiger partial charge in [0.1, 0.15) is 0 Å². The van der Waals surface area contributed by atoms with Gasteiger partial charge in [0.2, 0.25) is 5.91 Å². The van der Waals surface area contributed by atoms with E-state index >= 15 is 0 Å². The molecule has 1 amide bonds. The monoisotopic (exact) mass is 327 g/mol. The Morgan fingerprint density at radius 1 is 1.25 bits per heavy atom. The fourth-order valence-corrected chi connectivity index (χ4v) is 2.35. The average Bonchev–Trinajstić information content (AvgIpc) is 2.56. The van der Waals surface area contributed by atoms with Gasteiger partial charge in [0, 0.05) is 23.9 Å². The second-order valence-corrected chi connectivity index (χ2v) is 5.86. The van der Waals surface area contributed by atoms with Crippen LogP contribution < -0.4 is 5.32 Å². The van der Waals surface area contributed by atoms with Crippen LogP contribution in [0.4, 0.5) is 11.4 Å². The number of amides is 1. The number of non-ortho nitro benzene ring substituents is 1. The lowest BCUT2D eigenvalue weighted by molar-refractivity contribution is -0.384. The summed E-state index contributed by atoms with van der Waals surface area (Å²) in [4.78, 5) is 24.5. The van der Waals surface area contributed by atoms with E-state index in [1.165, 1.54) is 6.07 Å². The van der Waals surface area contributed by atoms with Crippen molar-refractivity contribution >= 4 is 17.3 Å². The Balaban J connectivity index is 1.99. The van der Waals surface area contributed by atoms with Crippen molar-refractivity contribution in [1.29, 1.82) is 0 Å². The van der Waals surface area contributed by atoms with Gasteiger partial charge < -0.3 is 5.32 Å². The van der Waals surface area contributed by atoms with Crippen LogP contribution in [0.1, 0.15) is 24.1 Å². The lowest BCUT2D eigenvalue weighted by Gasteiger charge is -2.24. The number of hydrogen-bond donors (Lipinski definition) is 1. The standard InChI is InChI=1S/C18H21N3O3/c1-13-7-9-16(10-8-13)19-18(22)12-20(3)14(2)15-5-4-6-17(11-15)21(23)24/h4-11,14H,12H2,1-3H3,(H,19,22)/t14-/m0/s1. The Labute approximate surface area is 141 Å². The van der Waals surface area contributed by atoms with Gasteiger partial charge in [-0.25, -0.2) is 0 Å². The molecule has 6 heteroatoms. The van der Waals surface area contributed by atoms with E-state index in [0.29, 0.717) is 0 Å². The topological polar surface area (TPSA) is 75.5 Å². The molecule has 0 aliphatic heterocycles. The first kappa shape index (κ1) is 17.6. The number of nitrogens with zero attached hydrogens (tertiary/aromatic N) is 2. The molecule has 0 aromatic heterocycles. The molecule has 1 atom stereocenters. The summed E-state index contributed by atoms with van der Waals surface area (Å²) >= 11 is 0. The second-order valence-electron chi connectivity index (χ2n) is 5.86. The molecule has 0 unspecified atom stereocenters. The largest absolute Gasteiger partial charge is 0.325 e. The zero-order valence-corrected chi connectivity index (χ0v) is 14.0.